The molecule has 1 amide bonds. The number of nitrogens with zero attached hydrogens (tertiary/aromatic N) is 3. The molecule has 0 aliphatic carbocycles. The summed E-state index contributed by atoms with van der Waals surface area (Å²) in [5.74, 6) is 0.830. The zero-order valence-electron chi connectivity index (χ0n) is 8.46. The molecule has 7 heteroatoms. The summed E-state index contributed by atoms with van der Waals surface area (Å²) in [6, 6.07) is 3.32. The molecule has 0 fully saturated rings. The van der Waals surface area contributed by atoms with Gasteiger partial charge in [-0.15, -0.1) is 0 Å². The lowest BCUT2D eigenvalue weighted by molar-refractivity contribution is -0.122. The minimum Gasteiger partial charge on any atom is -0.382 e. The molecule has 2 aromatic rings. The van der Waals surface area contributed by atoms with E-state index in [1.54, 1.807) is 18.3 Å². The first-order chi connectivity index (χ1) is 7.74. The second-order valence-electron chi connectivity index (χ2n) is 3.19. The van der Waals surface area contributed by atoms with Crippen molar-refractivity contribution in [3.8, 4) is 0 Å². The second kappa shape index (κ2) is 4.47. The van der Waals surface area contributed by atoms with Crippen LogP contribution in [0.2, 0.25) is 0 Å². The van der Waals surface area contributed by atoms with Crippen molar-refractivity contribution >= 4 is 11.7 Å². The Bertz CT molecular complexity index is 462. The van der Waals surface area contributed by atoms with Gasteiger partial charge in [0.15, 0.2) is 5.76 Å². The third-order valence-corrected chi connectivity index (χ3v) is 1.92. The minimum absolute atomic E-state index is 0.130. The van der Waals surface area contributed by atoms with Crippen LogP contribution in [0.25, 0.3) is 0 Å². The Labute approximate surface area is 91.2 Å². The van der Waals surface area contributed by atoms with Crippen LogP contribution in [-0.4, -0.2) is 20.8 Å². The molecular formula is C9H11N5O2. The maximum Gasteiger partial charge on any atom is 0.242 e. The van der Waals surface area contributed by atoms with Crippen molar-refractivity contribution in [2.24, 2.45) is 0 Å². The molecule has 84 valence electrons. The van der Waals surface area contributed by atoms with E-state index in [2.05, 4.69) is 15.6 Å². The fourth-order valence-electron chi connectivity index (χ4n) is 1.19. The van der Waals surface area contributed by atoms with Crippen molar-refractivity contribution in [1.29, 1.82) is 0 Å². The van der Waals surface area contributed by atoms with Crippen molar-refractivity contribution in [2.75, 3.05) is 5.73 Å². The zero-order valence-corrected chi connectivity index (χ0v) is 8.46. The molecule has 2 heterocycles. The first-order valence-electron chi connectivity index (χ1n) is 4.69. The van der Waals surface area contributed by atoms with E-state index in [-0.39, 0.29) is 12.5 Å². The van der Waals surface area contributed by atoms with Gasteiger partial charge >= 0.3 is 0 Å². The number of aromatic nitrogens is 3. The maximum absolute atomic E-state index is 11.4. The molecule has 0 saturated carbocycles. The fourth-order valence-corrected chi connectivity index (χ4v) is 1.19. The summed E-state index contributed by atoms with van der Waals surface area (Å²) in [5.41, 5.74) is 5.42. The van der Waals surface area contributed by atoms with Gasteiger partial charge < -0.3 is 15.6 Å². The summed E-state index contributed by atoms with van der Waals surface area (Å²) in [6.07, 6.45) is 3.17. The maximum atomic E-state index is 11.4. The molecule has 7 nitrogen and oxygen atoms in total. The largest absolute Gasteiger partial charge is 0.382 e. The molecule has 0 saturated heterocycles. The van der Waals surface area contributed by atoms with Crippen molar-refractivity contribution in [1.82, 2.24) is 20.3 Å². The number of nitrogen functional groups attached to an aromatic ring is 1. The molecule has 0 atom stereocenters. The molecule has 16 heavy (non-hydrogen) atoms. The van der Waals surface area contributed by atoms with Crippen LogP contribution in [0.4, 0.5) is 5.82 Å². The van der Waals surface area contributed by atoms with Crippen molar-refractivity contribution < 1.29 is 9.32 Å². The van der Waals surface area contributed by atoms with Gasteiger partial charge in [0.1, 0.15) is 12.4 Å². The van der Waals surface area contributed by atoms with Crippen LogP contribution >= 0.6 is 0 Å². The Kier molecular flexibility index (Phi) is 2.86. The SMILES string of the molecule is Nc1ccn(CC(=O)NCc2ccno2)n1. The van der Waals surface area contributed by atoms with Gasteiger partial charge in [0.05, 0.1) is 12.7 Å². The fraction of sp³-hybridized carbons (Fsp3) is 0.222. The summed E-state index contributed by atoms with van der Waals surface area (Å²) in [7, 11) is 0. The van der Waals surface area contributed by atoms with Crippen LogP contribution in [0.15, 0.2) is 29.0 Å². The molecule has 3 N–H and O–H groups in total. The molecule has 2 aromatic heterocycles. The average Bonchev–Trinajstić information content (AvgIpc) is 2.87. The van der Waals surface area contributed by atoms with Crippen LogP contribution in [0.1, 0.15) is 5.76 Å². The lowest BCUT2D eigenvalue weighted by Gasteiger charge is -2.02. The zero-order chi connectivity index (χ0) is 11.4. The Morgan fingerprint density at radius 2 is 2.44 bits per heavy atom. The smallest absolute Gasteiger partial charge is 0.242 e. The highest BCUT2D eigenvalue weighted by atomic mass is 16.5. The molecule has 0 aliphatic heterocycles. The second-order valence-corrected chi connectivity index (χ2v) is 3.19. The summed E-state index contributed by atoms with van der Waals surface area (Å²) in [4.78, 5) is 11.4. The van der Waals surface area contributed by atoms with Gasteiger partial charge in [0, 0.05) is 12.3 Å². The molecule has 0 aromatic carbocycles. The van der Waals surface area contributed by atoms with E-state index in [0.717, 1.165) is 0 Å². The summed E-state index contributed by atoms with van der Waals surface area (Å²) < 4.78 is 6.29. The van der Waals surface area contributed by atoms with E-state index >= 15 is 0 Å². The topological polar surface area (TPSA) is 99.0 Å². The summed E-state index contributed by atoms with van der Waals surface area (Å²) in [5, 5.41) is 10.1. The van der Waals surface area contributed by atoms with E-state index in [4.69, 9.17) is 10.3 Å². The van der Waals surface area contributed by atoms with Crippen molar-refractivity contribution in [2.45, 2.75) is 13.1 Å². The molecule has 0 unspecified atom stereocenters. The Hall–Kier alpha value is -2.31. The quantitative estimate of drug-likeness (QED) is 0.743. The molecular weight excluding hydrogens is 210 g/mol. The predicted octanol–water partition coefficient (Wildman–Crippen LogP) is -0.230. The van der Waals surface area contributed by atoms with E-state index in [1.807, 2.05) is 0 Å². The van der Waals surface area contributed by atoms with Crippen molar-refractivity contribution in [3.63, 3.8) is 0 Å². The molecule has 0 aliphatic rings. The Morgan fingerprint density at radius 1 is 1.56 bits per heavy atom. The van der Waals surface area contributed by atoms with Gasteiger partial charge in [0.25, 0.3) is 0 Å². The first-order valence-corrected chi connectivity index (χ1v) is 4.69. The summed E-state index contributed by atoms with van der Waals surface area (Å²) in [6.45, 7) is 0.445. The van der Waals surface area contributed by atoms with E-state index in [9.17, 15) is 4.79 Å². The average molecular weight is 221 g/mol. The first kappa shape index (κ1) is 10.2. The number of nitrogens with one attached hydrogen (secondary N) is 1. The summed E-state index contributed by atoms with van der Waals surface area (Å²) >= 11 is 0. The van der Waals surface area contributed by atoms with Crippen LogP contribution < -0.4 is 11.1 Å². The Balaban J connectivity index is 1.81. The van der Waals surface area contributed by atoms with Gasteiger partial charge in [-0.05, 0) is 6.07 Å². The van der Waals surface area contributed by atoms with Gasteiger partial charge in [-0.25, -0.2) is 0 Å². The third-order valence-electron chi connectivity index (χ3n) is 1.92. The van der Waals surface area contributed by atoms with Crippen molar-refractivity contribution in [3.05, 3.63) is 30.3 Å². The number of rotatable bonds is 4. The minimum atomic E-state index is -0.167. The van der Waals surface area contributed by atoms with Gasteiger partial charge in [-0.1, -0.05) is 5.16 Å². The van der Waals surface area contributed by atoms with E-state index in [1.165, 1.54) is 10.9 Å². The Morgan fingerprint density at radius 3 is 3.06 bits per heavy atom. The van der Waals surface area contributed by atoms with Crippen LogP contribution in [0.3, 0.4) is 0 Å². The molecule has 0 radical (unpaired) electrons. The predicted molar refractivity (Wildman–Crippen MR) is 55.0 cm³/mol. The van der Waals surface area contributed by atoms with Crippen LogP contribution in [-0.2, 0) is 17.9 Å². The number of carbonyl (C=O) groups excluding carboxylic acids is 1. The van der Waals surface area contributed by atoms with Gasteiger partial charge in [0.2, 0.25) is 5.91 Å². The normalized spacial score (nSPS) is 10.2. The molecule has 0 spiro atoms. The van der Waals surface area contributed by atoms with Gasteiger partial charge in [-0.2, -0.15) is 5.10 Å². The number of amides is 1. The number of nitrogens with two attached hydrogens (primary N) is 1. The number of carbonyl (C=O) groups is 1. The lowest BCUT2D eigenvalue weighted by Crippen LogP contribution is -2.27. The highest BCUT2D eigenvalue weighted by Gasteiger charge is 2.04. The molecule has 2 rings (SSSR count). The number of anilines is 1. The monoisotopic (exact) mass is 221 g/mol. The number of hydrogen-bond acceptors (Lipinski definition) is 5. The van der Waals surface area contributed by atoms with E-state index in [0.29, 0.717) is 18.1 Å². The molecule has 0 bridgehead atoms. The standard InChI is InChI=1S/C9H11N5O2/c10-8-2-4-14(13-8)6-9(15)11-5-7-1-3-12-16-7/h1-4H,5-6H2,(H2,10,13)(H,11,15). The lowest BCUT2D eigenvalue weighted by atomic mass is 10.4. The van der Waals surface area contributed by atoms with Gasteiger partial charge in [-0.3, -0.25) is 9.48 Å². The van der Waals surface area contributed by atoms with Crippen LogP contribution in [0, 0.1) is 0 Å². The third kappa shape index (κ3) is 2.59. The highest BCUT2D eigenvalue weighted by molar-refractivity contribution is 5.75. The number of hydrogen-bond donors (Lipinski definition) is 2. The van der Waals surface area contributed by atoms with Crippen LogP contribution in [0.5, 0.6) is 0 Å². The highest BCUT2D eigenvalue weighted by Crippen LogP contribution is 1.97. The van der Waals surface area contributed by atoms with E-state index < -0.39 is 0 Å².